The van der Waals surface area contributed by atoms with Crippen LogP contribution in [0, 0.1) is 0 Å². The maximum atomic E-state index is 12.8. The van der Waals surface area contributed by atoms with Crippen LogP contribution in [0.4, 0.5) is 0 Å². The van der Waals surface area contributed by atoms with Crippen molar-refractivity contribution in [1.29, 1.82) is 0 Å². The first-order valence-electron chi connectivity index (χ1n) is 7.52. The van der Waals surface area contributed by atoms with Gasteiger partial charge in [0.05, 0.1) is 5.36 Å². The third-order valence-corrected chi connectivity index (χ3v) is 4.99. The van der Waals surface area contributed by atoms with Gasteiger partial charge in [0.25, 0.3) is 5.91 Å². The Hall–Kier alpha value is -2.32. The molecule has 0 saturated carbocycles. The van der Waals surface area contributed by atoms with Crippen molar-refractivity contribution in [3.8, 4) is 0 Å². The average molecular weight is 417 g/mol. The van der Waals surface area contributed by atoms with Crippen LogP contribution in [0.2, 0.25) is 0 Å². The van der Waals surface area contributed by atoms with Gasteiger partial charge in [-0.2, -0.15) is 0 Å². The van der Waals surface area contributed by atoms with Crippen LogP contribution in [0.15, 0.2) is 68.2 Å². The first kappa shape index (κ1) is 16.2. The number of amides is 1. The third kappa shape index (κ3) is 2.91. The largest absolute Gasteiger partial charge is 0.450 e. The van der Waals surface area contributed by atoms with Crippen LogP contribution in [0.5, 0.6) is 0 Å². The van der Waals surface area contributed by atoms with Crippen LogP contribution in [0.3, 0.4) is 0 Å². The number of fused-ring (bicyclic) bond motifs is 2. The summed E-state index contributed by atoms with van der Waals surface area (Å²) in [5.74, 6) is 1.04. The van der Waals surface area contributed by atoms with Crippen LogP contribution >= 0.6 is 27.7 Å². The summed E-state index contributed by atoms with van der Waals surface area (Å²) in [4.78, 5) is 17.5. The Morgan fingerprint density at radius 2 is 2.20 bits per heavy atom. The van der Waals surface area contributed by atoms with Gasteiger partial charge in [-0.05, 0) is 34.1 Å². The predicted octanol–water partition coefficient (Wildman–Crippen LogP) is 2.10. The number of carbonyl (C=O) groups excluding carboxylic acids is 1. The lowest BCUT2D eigenvalue weighted by atomic mass is 10.1. The molecule has 1 N–H and O–H groups in total. The van der Waals surface area contributed by atoms with E-state index in [0.717, 1.165) is 10.6 Å². The van der Waals surface area contributed by atoms with Crippen molar-refractivity contribution in [3.05, 3.63) is 70.1 Å². The Morgan fingerprint density at radius 1 is 1.36 bits per heavy atom. The number of carbonyl (C=O) groups is 1. The van der Waals surface area contributed by atoms with Crippen molar-refractivity contribution < 1.29 is 9.21 Å². The highest BCUT2D eigenvalue weighted by Gasteiger charge is 2.35. The van der Waals surface area contributed by atoms with Crippen LogP contribution in [-0.2, 0) is 4.79 Å². The number of halogens is 1. The van der Waals surface area contributed by atoms with E-state index >= 15 is 0 Å². The molecule has 126 valence electrons. The minimum Gasteiger partial charge on any atom is -0.450 e. The summed E-state index contributed by atoms with van der Waals surface area (Å²) in [6.07, 6.45) is 1.22. The predicted molar refractivity (Wildman–Crippen MR) is 99.9 cm³/mol. The highest BCUT2D eigenvalue weighted by atomic mass is 79.9. The molecule has 2 aliphatic rings. The minimum absolute atomic E-state index is 0.209. The second-order valence-corrected chi connectivity index (χ2v) is 7.10. The zero-order valence-corrected chi connectivity index (χ0v) is 15.4. The number of furan rings is 1. The van der Waals surface area contributed by atoms with Crippen molar-refractivity contribution in [1.82, 2.24) is 10.3 Å². The van der Waals surface area contributed by atoms with Gasteiger partial charge >= 0.3 is 0 Å². The maximum absolute atomic E-state index is 12.8. The van der Waals surface area contributed by atoms with Crippen LogP contribution in [0.25, 0.3) is 5.70 Å². The molecule has 4 rings (SSSR count). The lowest BCUT2D eigenvalue weighted by Crippen LogP contribution is -2.50. The Balaban J connectivity index is 1.91. The molecule has 1 aromatic carbocycles. The lowest BCUT2D eigenvalue weighted by Gasteiger charge is -2.32. The molecule has 2 aliphatic heterocycles. The Kier molecular flexibility index (Phi) is 4.22. The molecule has 0 radical (unpaired) electrons. The molecule has 0 saturated heterocycles. The first-order valence-corrected chi connectivity index (χ1v) is 9.30. The van der Waals surface area contributed by atoms with E-state index in [1.54, 1.807) is 17.2 Å². The number of thioether (sulfide) groups is 1. The van der Waals surface area contributed by atoms with E-state index in [-0.39, 0.29) is 5.91 Å². The zero-order chi connectivity index (χ0) is 17.4. The smallest absolute Gasteiger partial charge is 0.276 e. The van der Waals surface area contributed by atoms with Crippen molar-refractivity contribution in [2.24, 2.45) is 10.1 Å². The fraction of sp³-hybridized carbons (Fsp3) is 0.118. The van der Waals surface area contributed by atoms with Gasteiger partial charge in [0.2, 0.25) is 6.17 Å². The molecular formula is C17H13BrN4O2S. The number of hydrazone groups is 1. The molecule has 0 bridgehead atoms. The summed E-state index contributed by atoms with van der Waals surface area (Å²) < 4.78 is 6.28. The highest BCUT2D eigenvalue weighted by molar-refractivity contribution is 9.10. The number of benzene rings is 1. The molecule has 2 aromatic rings. The van der Waals surface area contributed by atoms with Crippen molar-refractivity contribution in [2.75, 3.05) is 5.75 Å². The fourth-order valence-corrected chi connectivity index (χ4v) is 3.59. The van der Waals surface area contributed by atoms with Crippen LogP contribution < -0.4 is 15.9 Å². The molecule has 1 aromatic heterocycles. The molecule has 0 aliphatic carbocycles. The highest BCUT2D eigenvalue weighted by Crippen LogP contribution is 2.32. The number of para-hydroxylation sites is 1. The van der Waals surface area contributed by atoms with Gasteiger partial charge in [-0.1, -0.05) is 36.0 Å². The topological polar surface area (TPSA) is 70.2 Å². The van der Waals surface area contributed by atoms with Gasteiger partial charge in [0.15, 0.2) is 15.6 Å². The number of rotatable bonds is 3. The molecule has 1 amide bonds. The number of nitrogens with one attached hydrogen (secondary N) is 1. The maximum Gasteiger partial charge on any atom is 0.276 e. The molecule has 0 fully saturated rings. The molecule has 8 heteroatoms. The molecule has 3 heterocycles. The molecule has 25 heavy (non-hydrogen) atoms. The first-order chi connectivity index (χ1) is 12.2. The van der Waals surface area contributed by atoms with Gasteiger partial charge < -0.3 is 4.42 Å². The van der Waals surface area contributed by atoms with Gasteiger partial charge in [0.1, 0.15) is 5.70 Å². The molecular weight excluding hydrogens is 404 g/mol. The SMILES string of the molecule is C=CCSC1=NN2C(=c3ccccc3=N[C@@H]2c2ccc(Br)o2)C(=O)N1. The van der Waals surface area contributed by atoms with Gasteiger partial charge in [-0.3, -0.25) is 10.1 Å². The standard InChI is InChI=1S/C17H13BrN4O2S/c1-2-9-25-17-20-16(23)14-10-5-3-4-6-11(10)19-15(22(14)21-17)12-7-8-13(18)24-12/h2-8,15H,1,9H2,(H,20,21,23)/t15-/m0/s1. The zero-order valence-electron chi connectivity index (χ0n) is 13.0. The van der Waals surface area contributed by atoms with Crippen molar-refractivity contribution in [3.63, 3.8) is 0 Å². The minimum atomic E-state index is -0.540. The summed E-state index contributed by atoms with van der Waals surface area (Å²) in [5.41, 5.74) is 0.464. The summed E-state index contributed by atoms with van der Waals surface area (Å²) in [6.45, 7) is 3.69. The number of amidine groups is 1. The average Bonchev–Trinajstić information content (AvgIpc) is 3.05. The van der Waals surface area contributed by atoms with E-state index in [2.05, 4.69) is 32.9 Å². The van der Waals surface area contributed by atoms with Gasteiger partial charge in [0, 0.05) is 11.0 Å². The molecule has 1 atom stereocenters. The summed E-state index contributed by atoms with van der Waals surface area (Å²) in [5, 5.41) is 11.0. The van der Waals surface area contributed by atoms with Crippen molar-refractivity contribution in [2.45, 2.75) is 6.17 Å². The second kappa shape index (κ2) is 6.53. The molecule has 6 nitrogen and oxygen atoms in total. The van der Waals surface area contributed by atoms with E-state index in [0.29, 0.717) is 27.0 Å². The van der Waals surface area contributed by atoms with Gasteiger partial charge in [-0.25, -0.2) is 10.0 Å². The van der Waals surface area contributed by atoms with Crippen LogP contribution in [-0.4, -0.2) is 21.8 Å². The Morgan fingerprint density at radius 3 is 2.96 bits per heavy atom. The second-order valence-electron chi connectivity index (χ2n) is 5.31. The Bertz CT molecular complexity index is 1010. The van der Waals surface area contributed by atoms with Crippen molar-refractivity contribution >= 4 is 44.5 Å². The number of nitrogens with zero attached hydrogens (tertiary/aromatic N) is 3. The molecule has 0 spiro atoms. The summed E-state index contributed by atoms with van der Waals surface area (Å²) in [6, 6.07) is 11.1. The van der Waals surface area contributed by atoms with E-state index in [4.69, 9.17) is 9.41 Å². The summed E-state index contributed by atoms with van der Waals surface area (Å²) in [7, 11) is 0. The van der Waals surface area contributed by atoms with Gasteiger partial charge in [-0.15, -0.1) is 11.7 Å². The normalized spacial score (nSPS) is 18.7. The van der Waals surface area contributed by atoms with E-state index < -0.39 is 6.17 Å². The number of hydrogen-bond donors (Lipinski definition) is 1. The third-order valence-electron chi connectivity index (χ3n) is 3.70. The quantitative estimate of drug-likeness (QED) is 0.777. The van der Waals surface area contributed by atoms with Crippen LogP contribution in [0.1, 0.15) is 11.9 Å². The number of hydrogen-bond acceptors (Lipinski definition) is 6. The lowest BCUT2D eigenvalue weighted by molar-refractivity contribution is -0.116. The van der Waals surface area contributed by atoms with E-state index in [9.17, 15) is 4.79 Å². The molecule has 0 unspecified atom stereocenters. The van der Waals surface area contributed by atoms with E-state index in [1.165, 1.54) is 11.8 Å². The monoisotopic (exact) mass is 416 g/mol. The fourth-order valence-electron chi connectivity index (χ4n) is 2.68. The summed E-state index contributed by atoms with van der Waals surface area (Å²) >= 11 is 4.72. The Labute approximate surface area is 156 Å². The van der Waals surface area contributed by atoms with E-state index in [1.807, 2.05) is 30.3 Å².